The van der Waals surface area contributed by atoms with E-state index < -0.39 is 6.10 Å². The van der Waals surface area contributed by atoms with Gasteiger partial charge in [-0.15, -0.1) is 0 Å². The van der Waals surface area contributed by atoms with Crippen LogP contribution in [0.15, 0.2) is 16.6 Å². The first-order valence-corrected chi connectivity index (χ1v) is 5.87. The minimum absolute atomic E-state index is 0.264. The summed E-state index contributed by atoms with van der Waals surface area (Å²) in [6.45, 7) is 5.78. The third-order valence-electron chi connectivity index (χ3n) is 2.31. The van der Waals surface area contributed by atoms with Crippen molar-refractivity contribution in [3.8, 4) is 0 Å². The van der Waals surface area contributed by atoms with E-state index in [9.17, 15) is 9.50 Å². The van der Waals surface area contributed by atoms with E-state index in [1.807, 2.05) is 6.07 Å². The Hall–Kier alpha value is -0.410. The standard InChI is InChI=1S/C12H16BrFO/c1-7(2)9-5-10(4-8(3)15)12(14)11(13)6-9/h5-8,15H,4H2,1-3H3. The maximum atomic E-state index is 13.6. The van der Waals surface area contributed by atoms with E-state index in [1.165, 1.54) is 0 Å². The first-order valence-electron chi connectivity index (χ1n) is 5.07. The van der Waals surface area contributed by atoms with Crippen LogP contribution in [0.25, 0.3) is 0 Å². The zero-order valence-electron chi connectivity index (χ0n) is 9.22. The molecule has 0 saturated carbocycles. The predicted octanol–water partition coefficient (Wildman–Crippen LogP) is 3.63. The van der Waals surface area contributed by atoms with Crippen LogP contribution in [-0.4, -0.2) is 11.2 Å². The first kappa shape index (κ1) is 12.7. The largest absolute Gasteiger partial charge is 0.393 e. The molecule has 0 bridgehead atoms. The summed E-state index contributed by atoms with van der Waals surface area (Å²) in [5, 5.41) is 9.27. The SMILES string of the molecule is CC(O)Cc1cc(C(C)C)cc(Br)c1F. The van der Waals surface area contributed by atoms with Crippen molar-refractivity contribution < 1.29 is 9.50 Å². The minimum atomic E-state index is -0.520. The highest BCUT2D eigenvalue weighted by Crippen LogP contribution is 2.26. The summed E-state index contributed by atoms with van der Waals surface area (Å²) in [5.74, 6) is 0.0925. The van der Waals surface area contributed by atoms with Crippen molar-refractivity contribution in [2.24, 2.45) is 0 Å². The molecule has 0 fully saturated rings. The molecule has 0 aromatic heterocycles. The molecule has 0 aliphatic heterocycles. The third-order valence-corrected chi connectivity index (χ3v) is 2.88. The molecule has 1 nitrogen and oxygen atoms in total. The van der Waals surface area contributed by atoms with E-state index in [4.69, 9.17) is 0 Å². The van der Waals surface area contributed by atoms with Crippen molar-refractivity contribution in [1.29, 1.82) is 0 Å². The van der Waals surface area contributed by atoms with Gasteiger partial charge in [-0.2, -0.15) is 0 Å². The van der Waals surface area contributed by atoms with Gasteiger partial charge in [0.25, 0.3) is 0 Å². The maximum Gasteiger partial charge on any atom is 0.140 e. The van der Waals surface area contributed by atoms with Crippen LogP contribution in [0.4, 0.5) is 4.39 Å². The molecule has 1 unspecified atom stereocenters. The Morgan fingerprint density at radius 2 is 1.93 bits per heavy atom. The molecule has 1 N–H and O–H groups in total. The van der Waals surface area contributed by atoms with Crippen LogP contribution in [0.2, 0.25) is 0 Å². The van der Waals surface area contributed by atoms with Gasteiger partial charge in [0.2, 0.25) is 0 Å². The minimum Gasteiger partial charge on any atom is -0.393 e. The lowest BCUT2D eigenvalue weighted by Crippen LogP contribution is -2.07. The van der Waals surface area contributed by atoms with Gasteiger partial charge in [0.15, 0.2) is 0 Å². The zero-order valence-corrected chi connectivity index (χ0v) is 10.8. The molecule has 1 aromatic rings. The van der Waals surface area contributed by atoms with Gasteiger partial charge in [0.05, 0.1) is 10.6 Å². The predicted molar refractivity (Wildman–Crippen MR) is 63.6 cm³/mol. The summed E-state index contributed by atoms with van der Waals surface area (Å²) in [5.41, 5.74) is 1.65. The van der Waals surface area contributed by atoms with Crippen LogP contribution in [0.1, 0.15) is 37.8 Å². The average Bonchev–Trinajstić information content (AvgIpc) is 2.11. The third kappa shape index (κ3) is 3.28. The molecule has 15 heavy (non-hydrogen) atoms. The van der Waals surface area contributed by atoms with Crippen molar-refractivity contribution in [3.05, 3.63) is 33.5 Å². The Morgan fingerprint density at radius 1 is 1.33 bits per heavy atom. The molecule has 84 valence electrons. The molecule has 0 radical (unpaired) electrons. The van der Waals surface area contributed by atoms with Crippen molar-refractivity contribution >= 4 is 15.9 Å². The van der Waals surface area contributed by atoms with Crippen LogP contribution in [-0.2, 0) is 6.42 Å². The van der Waals surface area contributed by atoms with Gasteiger partial charge in [-0.3, -0.25) is 0 Å². The van der Waals surface area contributed by atoms with Crippen molar-refractivity contribution in [3.63, 3.8) is 0 Å². The van der Waals surface area contributed by atoms with E-state index in [-0.39, 0.29) is 5.82 Å². The molecule has 0 aliphatic rings. The number of hydrogen-bond donors (Lipinski definition) is 1. The molecule has 0 spiro atoms. The Bertz CT molecular complexity index is 348. The van der Waals surface area contributed by atoms with E-state index in [2.05, 4.69) is 29.8 Å². The van der Waals surface area contributed by atoms with E-state index >= 15 is 0 Å². The van der Waals surface area contributed by atoms with Gasteiger partial charge in [-0.1, -0.05) is 19.9 Å². The van der Waals surface area contributed by atoms with Crippen LogP contribution >= 0.6 is 15.9 Å². The van der Waals surface area contributed by atoms with E-state index in [1.54, 1.807) is 13.0 Å². The molecule has 1 atom stereocenters. The second kappa shape index (κ2) is 5.08. The molecule has 0 amide bonds. The summed E-state index contributed by atoms with van der Waals surface area (Å²) < 4.78 is 14.1. The molecule has 1 rings (SSSR count). The molecule has 3 heteroatoms. The molecular weight excluding hydrogens is 259 g/mol. The first-order chi connectivity index (χ1) is 6.91. The van der Waals surface area contributed by atoms with Crippen molar-refractivity contribution in [1.82, 2.24) is 0 Å². The fraction of sp³-hybridized carbons (Fsp3) is 0.500. The lowest BCUT2D eigenvalue weighted by Gasteiger charge is -2.12. The number of halogens is 2. The van der Waals surface area contributed by atoms with Gasteiger partial charge in [-0.25, -0.2) is 4.39 Å². The van der Waals surface area contributed by atoms with Gasteiger partial charge in [0.1, 0.15) is 5.82 Å². The second-order valence-corrected chi connectivity index (χ2v) is 5.04. The Morgan fingerprint density at radius 3 is 2.40 bits per heavy atom. The quantitative estimate of drug-likeness (QED) is 0.893. The molecule has 0 aliphatic carbocycles. The van der Waals surface area contributed by atoms with E-state index in [0.29, 0.717) is 22.4 Å². The highest BCUT2D eigenvalue weighted by molar-refractivity contribution is 9.10. The smallest absolute Gasteiger partial charge is 0.140 e. The number of hydrogen-bond acceptors (Lipinski definition) is 1. The molecule has 0 saturated heterocycles. The number of benzene rings is 1. The van der Waals surface area contributed by atoms with Crippen molar-refractivity contribution in [2.45, 2.75) is 39.2 Å². The van der Waals surface area contributed by atoms with Crippen LogP contribution < -0.4 is 0 Å². The number of aliphatic hydroxyl groups excluding tert-OH is 1. The monoisotopic (exact) mass is 274 g/mol. The van der Waals surface area contributed by atoms with Crippen molar-refractivity contribution in [2.75, 3.05) is 0 Å². The van der Waals surface area contributed by atoms with Gasteiger partial charge >= 0.3 is 0 Å². The summed E-state index contributed by atoms with van der Waals surface area (Å²) in [6.07, 6.45) is -0.167. The van der Waals surface area contributed by atoms with Gasteiger partial charge in [0, 0.05) is 6.42 Å². The maximum absolute atomic E-state index is 13.6. The summed E-state index contributed by atoms with van der Waals surface area (Å²) in [4.78, 5) is 0. The van der Waals surface area contributed by atoms with Crippen LogP contribution in [0.3, 0.4) is 0 Å². The Kier molecular flexibility index (Phi) is 4.29. The zero-order chi connectivity index (χ0) is 11.6. The van der Waals surface area contributed by atoms with Crippen LogP contribution in [0.5, 0.6) is 0 Å². The van der Waals surface area contributed by atoms with Crippen LogP contribution in [0, 0.1) is 5.82 Å². The summed E-state index contributed by atoms with van der Waals surface area (Å²) in [7, 11) is 0. The molecule has 1 aromatic carbocycles. The topological polar surface area (TPSA) is 20.2 Å². The summed E-state index contributed by atoms with van der Waals surface area (Å²) >= 11 is 3.20. The second-order valence-electron chi connectivity index (χ2n) is 4.18. The van der Waals surface area contributed by atoms with E-state index in [0.717, 1.165) is 5.56 Å². The Labute approximate surface area is 98.4 Å². The lowest BCUT2D eigenvalue weighted by atomic mass is 9.98. The normalized spacial score (nSPS) is 13.3. The Balaban J connectivity index is 3.13. The lowest BCUT2D eigenvalue weighted by molar-refractivity contribution is 0.194. The molecular formula is C12H16BrFO. The highest BCUT2D eigenvalue weighted by Gasteiger charge is 2.12. The number of aliphatic hydroxyl groups is 1. The van der Waals surface area contributed by atoms with Gasteiger partial charge in [-0.05, 0) is 46.0 Å². The average molecular weight is 275 g/mol. The summed E-state index contributed by atoms with van der Waals surface area (Å²) in [6, 6.07) is 3.63. The molecule has 0 heterocycles. The highest BCUT2D eigenvalue weighted by atomic mass is 79.9. The fourth-order valence-corrected chi connectivity index (χ4v) is 1.99. The van der Waals surface area contributed by atoms with Gasteiger partial charge < -0.3 is 5.11 Å². The number of rotatable bonds is 3. The fourth-order valence-electron chi connectivity index (χ4n) is 1.47.